The maximum atomic E-state index is 12.6. The van der Waals surface area contributed by atoms with Crippen LogP contribution in [-0.4, -0.2) is 41.2 Å². The summed E-state index contributed by atoms with van der Waals surface area (Å²) >= 11 is 0. The number of carbonyl (C=O) groups excluding carboxylic acids is 1. The maximum absolute atomic E-state index is 12.6. The number of ether oxygens (including phenoxy) is 2. The molecule has 2 atom stereocenters. The van der Waals surface area contributed by atoms with Gasteiger partial charge in [-0.3, -0.25) is 4.98 Å². The van der Waals surface area contributed by atoms with E-state index in [1.165, 1.54) is 0 Å². The topological polar surface area (TPSA) is 63.7 Å². The molecule has 2 aromatic rings. The minimum absolute atomic E-state index is 0.0325. The number of nitrogens with one attached hydrogen (secondary N) is 1. The number of anilines is 1. The molecule has 0 spiro atoms. The van der Waals surface area contributed by atoms with Crippen molar-refractivity contribution in [2.24, 2.45) is 0 Å². The predicted octanol–water partition coefficient (Wildman–Crippen LogP) is 3.30. The molecule has 0 unspecified atom stereocenters. The number of hydrogen-bond donors (Lipinski definition) is 1. The predicted molar refractivity (Wildman–Crippen MR) is 95.6 cm³/mol. The highest BCUT2D eigenvalue weighted by molar-refractivity contribution is 5.91. The molecule has 1 fully saturated rings. The van der Waals surface area contributed by atoms with E-state index in [9.17, 15) is 4.79 Å². The maximum Gasteiger partial charge on any atom is 0.322 e. The monoisotopic (exact) mass is 341 g/mol. The Morgan fingerprint density at radius 3 is 2.64 bits per heavy atom. The number of morpholine rings is 1. The van der Waals surface area contributed by atoms with Gasteiger partial charge in [0, 0.05) is 19.3 Å². The first kappa shape index (κ1) is 17.2. The van der Waals surface area contributed by atoms with Crippen molar-refractivity contribution in [3.63, 3.8) is 0 Å². The van der Waals surface area contributed by atoms with Gasteiger partial charge in [-0.25, -0.2) is 4.79 Å². The van der Waals surface area contributed by atoms with Crippen molar-refractivity contribution < 1.29 is 14.3 Å². The Hall–Kier alpha value is -2.60. The Bertz CT molecular complexity index is 698. The molecule has 6 heteroatoms. The molecule has 0 bridgehead atoms. The Kier molecular flexibility index (Phi) is 5.50. The molecule has 1 aromatic carbocycles. The van der Waals surface area contributed by atoms with Gasteiger partial charge in [0.1, 0.15) is 12.4 Å². The molecule has 132 valence electrons. The quantitative estimate of drug-likeness (QED) is 0.927. The van der Waals surface area contributed by atoms with Crippen molar-refractivity contribution in [2.45, 2.75) is 32.7 Å². The van der Waals surface area contributed by atoms with E-state index in [1.54, 1.807) is 11.1 Å². The van der Waals surface area contributed by atoms with Gasteiger partial charge in [-0.1, -0.05) is 18.2 Å². The van der Waals surface area contributed by atoms with Crippen LogP contribution in [0.3, 0.4) is 0 Å². The molecular weight excluding hydrogens is 318 g/mol. The summed E-state index contributed by atoms with van der Waals surface area (Å²) in [5, 5.41) is 2.94. The average molecular weight is 341 g/mol. The molecule has 2 heterocycles. The third-order valence-corrected chi connectivity index (χ3v) is 3.94. The van der Waals surface area contributed by atoms with Crippen LogP contribution in [0.5, 0.6) is 5.75 Å². The van der Waals surface area contributed by atoms with Crippen LogP contribution in [0, 0.1) is 0 Å². The highest BCUT2D eigenvalue weighted by Gasteiger charge is 2.26. The smallest absolute Gasteiger partial charge is 0.322 e. The summed E-state index contributed by atoms with van der Waals surface area (Å²) in [5.74, 6) is 0.621. The first-order chi connectivity index (χ1) is 12.1. The lowest BCUT2D eigenvalue weighted by molar-refractivity contribution is -0.0530. The second-order valence-electron chi connectivity index (χ2n) is 6.20. The average Bonchev–Trinajstić information content (AvgIpc) is 2.61. The fourth-order valence-corrected chi connectivity index (χ4v) is 2.87. The molecule has 25 heavy (non-hydrogen) atoms. The molecule has 1 aliphatic heterocycles. The van der Waals surface area contributed by atoms with Crippen LogP contribution in [0.15, 0.2) is 48.7 Å². The lowest BCUT2D eigenvalue weighted by Crippen LogP contribution is -2.49. The Morgan fingerprint density at radius 1 is 1.20 bits per heavy atom. The van der Waals surface area contributed by atoms with Crippen LogP contribution < -0.4 is 10.1 Å². The van der Waals surface area contributed by atoms with E-state index in [1.807, 2.05) is 56.3 Å². The van der Waals surface area contributed by atoms with Crippen molar-refractivity contribution in [1.82, 2.24) is 9.88 Å². The van der Waals surface area contributed by atoms with Crippen LogP contribution >= 0.6 is 0 Å². The third-order valence-electron chi connectivity index (χ3n) is 3.94. The van der Waals surface area contributed by atoms with Crippen LogP contribution in [0.1, 0.15) is 19.5 Å². The number of aromatic nitrogens is 1. The molecule has 1 aromatic heterocycles. The summed E-state index contributed by atoms with van der Waals surface area (Å²) in [5.41, 5.74) is 1.48. The standard InChI is InChI=1S/C19H23N3O3/c1-14-11-22(12-15(2)25-14)19(23)21-17-8-3-4-9-18(17)24-13-16-7-5-6-10-20-16/h3-10,14-15H,11-13H2,1-2H3,(H,21,23)/t14-,15+. The van der Waals surface area contributed by atoms with Crippen LogP contribution in [0.4, 0.5) is 10.5 Å². The first-order valence-electron chi connectivity index (χ1n) is 8.45. The van der Waals surface area contributed by atoms with Gasteiger partial charge in [-0.2, -0.15) is 0 Å². The summed E-state index contributed by atoms with van der Waals surface area (Å²) in [6, 6.07) is 13.0. The zero-order valence-corrected chi connectivity index (χ0v) is 14.5. The van der Waals surface area contributed by atoms with Crippen molar-refractivity contribution >= 4 is 11.7 Å². The number of carbonyl (C=O) groups is 1. The second kappa shape index (κ2) is 7.98. The number of urea groups is 1. The summed E-state index contributed by atoms with van der Waals surface area (Å²) in [6.07, 6.45) is 1.79. The van der Waals surface area contributed by atoms with Crippen LogP contribution in [0.2, 0.25) is 0 Å². The largest absolute Gasteiger partial charge is 0.485 e. The SMILES string of the molecule is C[C@@H]1CN(C(=O)Nc2ccccc2OCc2ccccn2)C[C@H](C)O1. The molecule has 1 saturated heterocycles. The van der Waals surface area contributed by atoms with Gasteiger partial charge in [0.25, 0.3) is 0 Å². The highest BCUT2D eigenvalue weighted by atomic mass is 16.5. The number of hydrogen-bond acceptors (Lipinski definition) is 4. The van der Waals surface area contributed by atoms with Gasteiger partial charge in [-0.05, 0) is 38.1 Å². The molecule has 0 radical (unpaired) electrons. The highest BCUT2D eigenvalue weighted by Crippen LogP contribution is 2.25. The summed E-state index contributed by atoms with van der Waals surface area (Å²) < 4.78 is 11.5. The molecule has 0 aliphatic carbocycles. The van der Waals surface area contributed by atoms with Gasteiger partial charge >= 0.3 is 6.03 Å². The summed E-state index contributed by atoms with van der Waals surface area (Å²) in [7, 11) is 0. The number of nitrogens with zero attached hydrogens (tertiary/aromatic N) is 2. The van der Waals surface area contributed by atoms with Gasteiger partial charge < -0.3 is 19.7 Å². The Morgan fingerprint density at radius 2 is 1.92 bits per heavy atom. The zero-order valence-electron chi connectivity index (χ0n) is 14.5. The van der Waals surface area contributed by atoms with Crippen LogP contribution in [-0.2, 0) is 11.3 Å². The second-order valence-corrected chi connectivity index (χ2v) is 6.20. The number of para-hydroxylation sites is 2. The molecule has 0 saturated carbocycles. The summed E-state index contributed by atoms with van der Waals surface area (Å²) in [6.45, 7) is 5.44. The first-order valence-corrected chi connectivity index (χ1v) is 8.45. The van der Waals surface area contributed by atoms with Gasteiger partial charge in [0.15, 0.2) is 0 Å². The molecule has 6 nitrogen and oxygen atoms in total. The van der Waals surface area contributed by atoms with E-state index in [2.05, 4.69) is 10.3 Å². The normalized spacial score (nSPS) is 20.2. The lowest BCUT2D eigenvalue weighted by atomic mass is 10.2. The lowest BCUT2D eigenvalue weighted by Gasteiger charge is -2.35. The number of benzene rings is 1. The molecular formula is C19H23N3O3. The van der Waals surface area contributed by atoms with E-state index < -0.39 is 0 Å². The van der Waals surface area contributed by atoms with E-state index in [0.717, 1.165) is 5.69 Å². The minimum Gasteiger partial charge on any atom is -0.485 e. The van der Waals surface area contributed by atoms with Gasteiger partial charge in [0.2, 0.25) is 0 Å². The van der Waals surface area contributed by atoms with E-state index >= 15 is 0 Å². The van der Waals surface area contributed by atoms with Crippen molar-refractivity contribution in [3.8, 4) is 5.75 Å². The van der Waals surface area contributed by atoms with E-state index in [-0.39, 0.29) is 18.2 Å². The molecule has 1 aliphatic rings. The summed E-state index contributed by atoms with van der Waals surface area (Å²) in [4.78, 5) is 18.6. The van der Waals surface area contributed by atoms with Crippen LogP contribution in [0.25, 0.3) is 0 Å². The number of amides is 2. The van der Waals surface area contributed by atoms with Crippen molar-refractivity contribution in [3.05, 3.63) is 54.4 Å². The Labute approximate surface area is 147 Å². The number of pyridine rings is 1. The molecule has 1 N–H and O–H groups in total. The van der Waals surface area contributed by atoms with Crippen molar-refractivity contribution in [2.75, 3.05) is 18.4 Å². The molecule has 3 rings (SSSR count). The fraction of sp³-hybridized carbons (Fsp3) is 0.368. The minimum atomic E-state index is -0.143. The molecule has 2 amide bonds. The fourth-order valence-electron chi connectivity index (χ4n) is 2.87. The third kappa shape index (κ3) is 4.70. The van der Waals surface area contributed by atoms with Crippen molar-refractivity contribution in [1.29, 1.82) is 0 Å². The van der Waals surface area contributed by atoms with Gasteiger partial charge in [0.05, 0.1) is 23.6 Å². The van der Waals surface area contributed by atoms with E-state index in [4.69, 9.17) is 9.47 Å². The number of rotatable bonds is 4. The van der Waals surface area contributed by atoms with Gasteiger partial charge in [-0.15, -0.1) is 0 Å². The zero-order chi connectivity index (χ0) is 17.6. The van der Waals surface area contributed by atoms with E-state index in [0.29, 0.717) is 31.1 Å². The Balaban J connectivity index is 1.65.